The minimum Gasteiger partial charge on any atom is -0.545 e. The molecule has 6 heteroatoms. The number of carboxylic acids is 1. The van der Waals surface area contributed by atoms with Crippen molar-refractivity contribution in [2.24, 2.45) is 0 Å². The molecule has 0 amide bonds. The van der Waals surface area contributed by atoms with Crippen molar-refractivity contribution < 1.29 is 23.1 Å². The summed E-state index contributed by atoms with van der Waals surface area (Å²) in [4.78, 5) is 11.7. The molecule has 19 heavy (non-hydrogen) atoms. The average Bonchev–Trinajstić information content (AvgIpc) is 2.38. The highest BCUT2D eigenvalue weighted by Crippen LogP contribution is 2.36. The smallest absolute Gasteiger partial charge is 0.432 e. The molecule has 0 bridgehead atoms. The fourth-order valence-electron chi connectivity index (χ4n) is 1.90. The van der Waals surface area contributed by atoms with Crippen molar-refractivity contribution in [3.05, 3.63) is 53.8 Å². The van der Waals surface area contributed by atoms with Crippen molar-refractivity contribution in [3.63, 3.8) is 0 Å². The van der Waals surface area contributed by atoms with E-state index in [1.165, 1.54) is 18.2 Å². The van der Waals surface area contributed by atoms with Crippen molar-refractivity contribution in [3.8, 4) is 0 Å². The highest BCUT2D eigenvalue weighted by Gasteiger charge is 2.41. The Balaban J connectivity index is 2.57. The van der Waals surface area contributed by atoms with Gasteiger partial charge in [-0.15, -0.1) is 0 Å². The maximum Gasteiger partial charge on any atom is 0.432 e. The minimum atomic E-state index is -4.77. The van der Waals surface area contributed by atoms with E-state index in [1.54, 1.807) is 18.2 Å². The van der Waals surface area contributed by atoms with Gasteiger partial charge in [0.1, 0.15) is 5.70 Å². The summed E-state index contributed by atoms with van der Waals surface area (Å²) in [5, 5.41) is 10.8. The second-order valence-electron chi connectivity index (χ2n) is 3.90. The second-order valence-corrected chi connectivity index (χ2v) is 3.90. The molecule has 1 aliphatic heterocycles. The van der Waals surface area contributed by atoms with E-state index in [9.17, 15) is 23.1 Å². The largest absolute Gasteiger partial charge is 0.545 e. The van der Waals surface area contributed by atoms with E-state index in [0.29, 0.717) is 0 Å². The van der Waals surface area contributed by atoms with Crippen LogP contribution in [0.1, 0.15) is 0 Å². The molecule has 0 unspecified atom stereocenters. The molecule has 0 atom stereocenters. The number of hydrogen-bond donors (Lipinski definition) is 0. The number of anilines is 1. The first-order valence-electron chi connectivity index (χ1n) is 5.43. The molecule has 0 saturated heterocycles. The third-order valence-electron chi connectivity index (χ3n) is 2.65. The zero-order valence-electron chi connectivity index (χ0n) is 9.65. The summed E-state index contributed by atoms with van der Waals surface area (Å²) in [6.45, 7) is -0.0460. The van der Waals surface area contributed by atoms with Crippen LogP contribution in [0, 0.1) is 0 Å². The standard InChI is InChI=1S/C13H10F3NO2/c14-13(15,16)11-10(12(18)19)7-4-8-17(11)9-5-2-1-3-6-9/h1-7H,8H2,(H,18,19)/p-1. The predicted molar refractivity (Wildman–Crippen MR) is 61.0 cm³/mol. The van der Waals surface area contributed by atoms with Crippen LogP contribution in [0.25, 0.3) is 0 Å². The van der Waals surface area contributed by atoms with Crippen LogP contribution < -0.4 is 10.0 Å². The Morgan fingerprint density at radius 2 is 1.84 bits per heavy atom. The predicted octanol–water partition coefficient (Wildman–Crippen LogP) is 1.63. The zero-order valence-corrected chi connectivity index (χ0v) is 9.65. The number of carboxylic acid groups (broad SMARTS) is 1. The first-order chi connectivity index (χ1) is 8.91. The second kappa shape index (κ2) is 4.79. The molecule has 0 N–H and O–H groups in total. The van der Waals surface area contributed by atoms with Crippen LogP contribution in [0.3, 0.4) is 0 Å². The van der Waals surface area contributed by atoms with Crippen LogP contribution in [-0.4, -0.2) is 18.7 Å². The van der Waals surface area contributed by atoms with E-state index < -0.39 is 23.4 Å². The van der Waals surface area contributed by atoms with Gasteiger partial charge in [0.25, 0.3) is 0 Å². The molecule has 0 fully saturated rings. The molecule has 0 spiro atoms. The summed E-state index contributed by atoms with van der Waals surface area (Å²) in [7, 11) is 0. The molecule has 0 saturated carbocycles. The lowest BCUT2D eigenvalue weighted by Gasteiger charge is -2.32. The van der Waals surface area contributed by atoms with Crippen LogP contribution in [-0.2, 0) is 4.79 Å². The number of alkyl halides is 3. The molecule has 0 aromatic heterocycles. The Morgan fingerprint density at radius 3 is 2.37 bits per heavy atom. The van der Waals surface area contributed by atoms with Gasteiger partial charge in [-0.25, -0.2) is 0 Å². The summed E-state index contributed by atoms with van der Waals surface area (Å²) in [6.07, 6.45) is -2.49. The van der Waals surface area contributed by atoms with Crippen LogP contribution in [0.2, 0.25) is 0 Å². The average molecular weight is 268 g/mol. The van der Waals surface area contributed by atoms with Gasteiger partial charge in [-0.3, -0.25) is 0 Å². The highest BCUT2D eigenvalue weighted by atomic mass is 19.4. The molecule has 1 aliphatic rings. The summed E-state index contributed by atoms with van der Waals surface area (Å²) in [6, 6.07) is 7.80. The highest BCUT2D eigenvalue weighted by molar-refractivity contribution is 5.91. The normalized spacial score (nSPS) is 15.8. The maximum atomic E-state index is 13.1. The van der Waals surface area contributed by atoms with Crippen LogP contribution >= 0.6 is 0 Å². The fourth-order valence-corrected chi connectivity index (χ4v) is 1.90. The van der Waals surface area contributed by atoms with Gasteiger partial charge in [-0.1, -0.05) is 30.4 Å². The SMILES string of the molecule is O=C([O-])C1=C(C(F)(F)F)N(c2ccccc2)CC=C1. The zero-order chi connectivity index (χ0) is 14.0. The van der Waals surface area contributed by atoms with Gasteiger partial charge in [0, 0.05) is 17.8 Å². The molecule has 2 rings (SSSR count). The minimum absolute atomic E-state index is 0.0460. The first kappa shape index (κ1) is 13.2. The van der Waals surface area contributed by atoms with Crippen LogP contribution in [0.5, 0.6) is 0 Å². The van der Waals surface area contributed by atoms with E-state index in [1.807, 2.05) is 0 Å². The lowest BCUT2D eigenvalue weighted by Crippen LogP contribution is -2.39. The fraction of sp³-hybridized carbons (Fsp3) is 0.154. The lowest BCUT2D eigenvalue weighted by molar-refractivity contribution is -0.299. The number of rotatable bonds is 2. The van der Waals surface area contributed by atoms with E-state index in [4.69, 9.17) is 0 Å². The number of allylic oxidation sites excluding steroid dienone is 1. The van der Waals surface area contributed by atoms with Gasteiger partial charge in [-0.2, -0.15) is 13.2 Å². The summed E-state index contributed by atoms with van der Waals surface area (Å²) < 4.78 is 39.2. The monoisotopic (exact) mass is 268 g/mol. The third kappa shape index (κ3) is 2.62. The summed E-state index contributed by atoms with van der Waals surface area (Å²) in [5.41, 5.74) is -1.79. The number of aliphatic carboxylic acids is 1. The van der Waals surface area contributed by atoms with Crippen molar-refractivity contribution >= 4 is 11.7 Å². The van der Waals surface area contributed by atoms with Crippen LogP contribution in [0.15, 0.2) is 53.8 Å². The van der Waals surface area contributed by atoms with Gasteiger partial charge in [0.15, 0.2) is 0 Å². The molecule has 0 radical (unpaired) electrons. The van der Waals surface area contributed by atoms with Gasteiger partial charge in [0.2, 0.25) is 0 Å². The molecule has 1 aromatic carbocycles. The molecule has 0 aliphatic carbocycles. The molecule has 1 aromatic rings. The number of benzene rings is 1. The van der Waals surface area contributed by atoms with Gasteiger partial charge in [-0.05, 0) is 12.1 Å². The van der Waals surface area contributed by atoms with Crippen molar-refractivity contribution in [2.75, 3.05) is 11.4 Å². The maximum absolute atomic E-state index is 13.1. The molecular formula is C13H9F3NO2-. The van der Waals surface area contributed by atoms with Gasteiger partial charge in [0.05, 0.1) is 5.97 Å². The molecule has 1 heterocycles. The number of halogens is 3. The first-order valence-corrected chi connectivity index (χ1v) is 5.43. The number of hydrogen-bond acceptors (Lipinski definition) is 3. The van der Waals surface area contributed by atoms with Gasteiger partial charge < -0.3 is 14.8 Å². The Bertz CT molecular complexity index is 547. The van der Waals surface area contributed by atoms with Gasteiger partial charge >= 0.3 is 6.18 Å². The third-order valence-corrected chi connectivity index (χ3v) is 2.65. The Hall–Kier alpha value is -2.24. The Kier molecular flexibility index (Phi) is 3.33. The Morgan fingerprint density at radius 1 is 1.21 bits per heavy atom. The van der Waals surface area contributed by atoms with Crippen molar-refractivity contribution in [1.29, 1.82) is 0 Å². The van der Waals surface area contributed by atoms with Crippen molar-refractivity contribution in [1.82, 2.24) is 0 Å². The summed E-state index contributed by atoms with van der Waals surface area (Å²) in [5.74, 6) is -1.84. The van der Waals surface area contributed by atoms with E-state index in [2.05, 4.69) is 0 Å². The number of para-hydroxylation sites is 1. The van der Waals surface area contributed by atoms with E-state index in [0.717, 1.165) is 11.0 Å². The van der Waals surface area contributed by atoms with Crippen LogP contribution in [0.4, 0.5) is 18.9 Å². The van der Waals surface area contributed by atoms with E-state index in [-0.39, 0.29) is 12.2 Å². The molecule has 100 valence electrons. The quantitative estimate of drug-likeness (QED) is 0.818. The van der Waals surface area contributed by atoms with E-state index >= 15 is 0 Å². The number of carbonyl (C=O) groups is 1. The Labute approximate surface area is 107 Å². The number of nitrogens with zero attached hydrogens (tertiary/aromatic N) is 1. The summed E-state index contributed by atoms with van der Waals surface area (Å²) >= 11 is 0. The number of carbonyl (C=O) groups excluding carboxylic acids is 1. The molecular weight excluding hydrogens is 259 g/mol. The molecule has 3 nitrogen and oxygen atoms in total. The lowest BCUT2D eigenvalue weighted by atomic mass is 10.1. The topological polar surface area (TPSA) is 43.4 Å². The van der Waals surface area contributed by atoms with Crippen molar-refractivity contribution in [2.45, 2.75) is 6.18 Å².